The molecule has 11 heteroatoms. The normalized spacial score (nSPS) is 16.8. The zero-order chi connectivity index (χ0) is 22.0. The van der Waals surface area contributed by atoms with Crippen molar-refractivity contribution in [2.45, 2.75) is 6.92 Å². The quantitative estimate of drug-likeness (QED) is 0.299. The highest BCUT2D eigenvalue weighted by Crippen LogP contribution is 2.33. The first-order valence-electron chi connectivity index (χ1n) is 9.07. The van der Waals surface area contributed by atoms with E-state index in [1.807, 2.05) is 6.92 Å². The number of amidine groups is 3. The molecule has 2 aromatic rings. The molecule has 8 nitrogen and oxygen atoms in total. The molecule has 0 unspecified atom stereocenters. The van der Waals surface area contributed by atoms with Gasteiger partial charge in [0.15, 0.2) is 16.7 Å². The second-order valence-corrected chi connectivity index (χ2v) is 9.03. The maximum Gasteiger partial charge on any atom is 0.353 e. The Morgan fingerprint density at radius 1 is 1.32 bits per heavy atom. The summed E-state index contributed by atoms with van der Waals surface area (Å²) < 4.78 is 15.1. The van der Waals surface area contributed by atoms with Crippen molar-refractivity contribution in [1.29, 1.82) is 5.41 Å². The standard InChI is InChI=1S/C20H16N4O4S3/c1-3-29-20-23-31-19-22-17(25)12(16(21)24(19)20)9-11-6-7-13(14(10-11)27-2)28-18(26)15-5-4-8-30-15/h4-10,21H,3H2,1-2H3/b12-9-,21-16?. The number of aliphatic imine (C=N–C) groups is 1. The molecule has 1 amide bonds. The van der Waals surface area contributed by atoms with E-state index in [1.165, 1.54) is 30.2 Å². The van der Waals surface area contributed by atoms with E-state index in [-0.39, 0.29) is 17.2 Å². The van der Waals surface area contributed by atoms with Gasteiger partial charge in [-0.3, -0.25) is 10.2 Å². The van der Waals surface area contributed by atoms with Crippen molar-refractivity contribution in [1.82, 2.24) is 4.90 Å². The maximum atomic E-state index is 12.5. The third kappa shape index (κ3) is 4.29. The van der Waals surface area contributed by atoms with Crippen molar-refractivity contribution in [3.05, 3.63) is 51.7 Å². The van der Waals surface area contributed by atoms with Crippen molar-refractivity contribution in [3.63, 3.8) is 0 Å². The van der Waals surface area contributed by atoms with Crippen molar-refractivity contribution in [2.24, 2.45) is 9.39 Å². The minimum atomic E-state index is -0.506. The summed E-state index contributed by atoms with van der Waals surface area (Å²) in [6.07, 6.45) is 1.57. The van der Waals surface area contributed by atoms with Crippen LogP contribution in [0.25, 0.3) is 6.08 Å². The highest BCUT2D eigenvalue weighted by atomic mass is 32.2. The average Bonchev–Trinajstić information content (AvgIpc) is 3.43. The number of thiophene rings is 1. The number of ether oxygens (including phenoxy) is 2. The third-order valence-corrected chi connectivity index (χ3v) is 6.68. The number of esters is 1. The second-order valence-electron chi connectivity index (χ2n) is 6.12. The van der Waals surface area contributed by atoms with Crippen molar-refractivity contribution >= 4 is 69.2 Å². The smallest absolute Gasteiger partial charge is 0.353 e. The number of methoxy groups -OCH3 is 1. The number of hydrogen-bond donors (Lipinski definition) is 1. The zero-order valence-electron chi connectivity index (χ0n) is 16.4. The van der Waals surface area contributed by atoms with Crippen LogP contribution in [0.4, 0.5) is 0 Å². The highest BCUT2D eigenvalue weighted by molar-refractivity contribution is 8.19. The molecule has 0 spiro atoms. The Hall–Kier alpha value is -2.89. The number of nitrogens with one attached hydrogen (secondary N) is 1. The molecule has 1 N–H and O–H groups in total. The predicted molar refractivity (Wildman–Crippen MR) is 125 cm³/mol. The fourth-order valence-corrected chi connectivity index (χ4v) is 4.96. The molecular formula is C20H16N4O4S3. The van der Waals surface area contributed by atoms with E-state index in [0.29, 0.717) is 26.5 Å². The molecule has 0 saturated heterocycles. The van der Waals surface area contributed by atoms with Gasteiger partial charge >= 0.3 is 5.97 Å². The fraction of sp³-hybridized carbons (Fsp3) is 0.150. The lowest BCUT2D eigenvalue weighted by molar-refractivity contribution is -0.114. The van der Waals surface area contributed by atoms with Gasteiger partial charge in [0.25, 0.3) is 5.91 Å². The van der Waals surface area contributed by atoms with Crippen LogP contribution in [-0.4, -0.2) is 45.8 Å². The van der Waals surface area contributed by atoms with E-state index < -0.39 is 11.9 Å². The number of nitrogens with zero attached hydrogens (tertiary/aromatic N) is 3. The van der Waals surface area contributed by atoms with Gasteiger partial charge in [0.05, 0.1) is 24.6 Å². The largest absolute Gasteiger partial charge is 0.493 e. The zero-order valence-corrected chi connectivity index (χ0v) is 18.9. The monoisotopic (exact) mass is 472 g/mol. The Bertz CT molecular complexity index is 1160. The van der Waals surface area contributed by atoms with Gasteiger partial charge in [-0.05, 0) is 41.0 Å². The number of amides is 1. The first kappa shape index (κ1) is 21.3. The highest BCUT2D eigenvalue weighted by Gasteiger charge is 2.37. The Morgan fingerprint density at radius 2 is 2.16 bits per heavy atom. The molecule has 0 aliphatic carbocycles. The van der Waals surface area contributed by atoms with Crippen LogP contribution in [0.2, 0.25) is 0 Å². The Kier molecular flexibility index (Phi) is 6.25. The summed E-state index contributed by atoms with van der Waals surface area (Å²) in [6.45, 7) is 1.99. The van der Waals surface area contributed by atoms with Crippen LogP contribution in [0, 0.1) is 5.41 Å². The van der Waals surface area contributed by atoms with E-state index >= 15 is 0 Å². The topological polar surface area (TPSA) is 104 Å². The molecule has 1 aromatic carbocycles. The number of thioether (sulfide) groups is 1. The van der Waals surface area contributed by atoms with Gasteiger partial charge in [0.1, 0.15) is 10.7 Å². The minimum absolute atomic E-state index is 0.0202. The maximum absolute atomic E-state index is 12.5. The third-order valence-electron chi connectivity index (χ3n) is 4.19. The van der Waals surface area contributed by atoms with Crippen molar-refractivity contribution in [2.75, 3.05) is 12.9 Å². The molecule has 3 heterocycles. The lowest BCUT2D eigenvalue weighted by atomic mass is 10.1. The van der Waals surface area contributed by atoms with Crippen LogP contribution >= 0.6 is 35.0 Å². The van der Waals surface area contributed by atoms with E-state index in [9.17, 15) is 9.59 Å². The van der Waals surface area contributed by atoms with Crippen molar-refractivity contribution in [3.8, 4) is 11.5 Å². The summed E-state index contributed by atoms with van der Waals surface area (Å²) in [5, 5.41) is 11.3. The summed E-state index contributed by atoms with van der Waals surface area (Å²) in [5.41, 5.74) is 0.744. The molecule has 0 radical (unpaired) electrons. The molecule has 2 aliphatic rings. The number of carbonyl (C=O) groups is 2. The molecule has 158 valence electrons. The summed E-state index contributed by atoms with van der Waals surface area (Å²) in [4.78, 5) is 30.9. The summed E-state index contributed by atoms with van der Waals surface area (Å²) in [7, 11) is 1.46. The first-order chi connectivity index (χ1) is 15.0. The molecule has 31 heavy (non-hydrogen) atoms. The van der Waals surface area contributed by atoms with Crippen LogP contribution in [0.1, 0.15) is 22.2 Å². The number of carbonyl (C=O) groups excluding carboxylic acids is 2. The molecule has 0 bridgehead atoms. The van der Waals surface area contributed by atoms with E-state index in [4.69, 9.17) is 14.9 Å². The minimum Gasteiger partial charge on any atom is -0.493 e. The van der Waals surface area contributed by atoms with Crippen LogP contribution in [-0.2, 0) is 4.79 Å². The van der Waals surface area contributed by atoms with E-state index in [0.717, 1.165) is 17.7 Å². The Balaban J connectivity index is 1.61. The predicted octanol–water partition coefficient (Wildman–Crippen LogP) is 4.31. The van der Waals surface area contributed by atoms with Crippen LogP contribution in [0.15, 0.2) is 50.7 Å². The summed E-state index contributed by atoms with van der Waals surface area (Å²) in [5.74, 6) is 0.418. The molecular weight excluding hydrogens is 456 g/mol. The van der Waals surface area contributed by atoms with Gasteiger partial charge < -0.3 is 9.47 Å². The van der Waals surface area contributed by atoms with Crippen LogP contribution in [0.3, 0.4) is 0 Å². The van der Waals surface area contributed by atoms with E-state index in [1.54, 1.807) is 46.7 Å². The fourth-order valence-electron chi connectivity index (χ4n) is 2.79. The lowest BCUT2D eigenvalue weighted by Gasteiger charge is -2.24. The first-order valence-corrected chi connectivity index (χ1v) is 11.7. The number of rotatable bonds is 5. The summed E-state index contributed by atoms with van der Waals surface area (Å²) in [6, 6.07) is 8.36. The van der Waals surface area contributed by atoms with Crippen LogP contribution < -0.4 is 9.47 Å². The molecule has 4 rings (SSSR count). The number of fused-ring (bicyclic) bond motifs is 1. The molecule has 2 aliphatic heterocycles. The summed E-state index contributed by atoms with van der Waals surface area (Å²) >= 11 is 3.85. The van der Waals surface area contributed by atoms with Crippen molar-refractivity contribution < 1.29 is 19.1 Å². The van der Waals surface area contributed by atoms with Gasteiger partial charge in [-0.15, -0.1) is 11.3 Å². The van der Waals surface area contributed by atoms with Gasteiger partial charge in [-0.25, -0.2) is 9.69 Å². The van der Waals surface area contributed by atoms with Crippen LogP contribution in [0.5, 0.6) is 11.5 Å². The average molecular weight is 473 g/mol. The number of hydrogen-bond acceptors (Lipinski definition) is 9. The SMILES string of the molecule is CCSC1=NSC2=NC(=O)/C(=C\c3ccc(OC(=O)c4cccs4)c(OC)c3)C(=N)N12. The van der Waals surface area contributed by atoms with Gasteiger partial charge in [0, 0.05) is 0 Å². The molecule has 0 fully saturated rings. The second kappa shape index (κ2) is 9.08. The molecule has 0 atom stereocenters. The Morgan fingerprint density at radius 3 is 2.87 bits per heavy atom. The van der Waals surface area contributed by atoms with Gasteiger partial charge in [0.2, 0.25) is 5.17 Å². The number of benzene rings is 1. The van der Waals surface area contributed by atoms with E-state index in [2.05, 4.69) is 9.39 Å². The Labute approximate surface area is 190 Å². The van der Waals surface area contributed by atoms with Gasteiger partial charge in [-0.2, -0.15) is 9.39 Å². The van der Waals surface area contributed by atoms with Gasteiger partial charge in [-0.1, -0.05) is 30.8 Å². The molecule has 0 saturated carbocycles. The molecule has 1 aromatic heterocycles. The lowest BCUT2D eigenvalue weighted by Crippen LogP contribution is -2.41.